The van der Waals surface area contributed by atoms with Gasteiger partial charge in [-0.25, -0.2) is 0 Å². The Balaban J connectivity index is 2.05. The molecule has 1 aliphatic rings. The second kappa shape index (κ2) is 5.74. The van der Waals surface area contributed by atoms with Crippen LogP contribution in [0, 0.1) is 0 Å². The molecule has 1 nitrogen and oxygen atoms in total. The van der Waals surface area contributed by atoms with Gasteiger partial charge in [0, 0.05) is 5.69 Å². The SMILES string of the molecule is CC1=C([Si](C)(Nc2ccccc2)c2ccccc2)CC=C1. The summed E-state index contributed by atoms with van der Waals surface area (Å²) in [6, 6.07) is 21.5. The smallest absolute Gasteiger partial charge is 0.211 e. The minimum Gasteiger partial charge on any atom is -0.404 e. The molecule has 0 bridgehead atoms. The summed E-state index contributed by atoms with van der Waals surface area (Å²) in [5.41, 5.74) is 2.64. The van der Waals surface area contributed by atoms with Crippen LogP contribution < -0.4 is 10.2 Å². The topological polar surface area (TPSA) is 12.0 Å². The van der Waals surface area contributed by atoms with Crippen LogP contribution in [0.15, 0.2) is 83.6 Å². The molecule has 2 heteroatoms. The molecular weight excluding hydrogens is 270 g/mol. The monoisotopic (exact) mass is 291 g/mol. The molecule has 0 saturated heterocycles. The Morgan fingerprint density at radius 2 is 1.52 bits per heavy atom. The molecule has 0 heterocycles. The molecule has 2 aromatic rings. The van der Waals surface area contributed by atoms with Gasteiger partial charge >= 0.3 is 0 Å². The van der Waals surface area contributed by atoms with Crippen LogP contribution in [-0.4, -0.2) is 8.24 Å². The Morgan fingerprint density at radius 1 is 0.905 bits per heavy atom. The lowest BCUT2D eigenvalue weighted by molar-refractivity contribution is 1.32. The van der Waals surface area contributed by atoms with Crippen LogP contribution >= 0.6 is 0 Å². The van der Waals surface area contributed by atoms with E-state index in [-0.39, 0.29) is 0 Å². The molecule has 3 rings (SSSR count). The number of nitrogens with one attached hydrogen (secondary N) is 1. The van der Waals surface area contributed by atoms with Crippen LogP contribution in [0.3, 0.4) is 0 Å². The van der Waals surface area contributed by atoms with E-state index in [0.29, 0.717) is 0 Å². The van der Waals surface area contributed by atoms with Gasteiger partial charge in [0.15, 0.2) is 0 Å². The number of anilines is 1. The lowest BCUT2D eigenvalue weighted by Crippen LogP contribution is -2.54. The van der Waals surface area contributed by atoms with Gasteiger partial charge in [-0.1, -0.05) is 66.3 Å². The maximum atomic E-state index is 3.89. The Hall–Kier alpha value is -2.06. The van der Waals surface area contributed by atoms with E-state index in [0.717, 1.165) is 6.42 Å². The molecule has 0 spiro atoms. The lowest BCUT2D eigenvalue weighted by Gasteiger charge is -2.32. The van der Waals surface area contributed by atoms with Crippen molar-refractivity contribution in [3.05, 3.63) is 83.6 Å². The number of para-hydroxylation sites is 1. The Kier molecular flexibility index (Phi) is 3.80. The van der Waals surface area contributed by atoms with Crippen LogP contribution in [0.25, 0.3) is 0 Å². The van der Waals surface area contributed by atoms with Gasteiger partial charge in [-0.3, -0.25) is 0 Å². The molecule has 21 heavy (non-hydrogen) atoms. The van der Waals surface area contributed by atoms with Crippen molar-refractivity contribution in [2.75, 3.05) is 4.98 Å². The maximum Gasteiger partial charge on any atom is 0.211 e. The third-order valence-corrected chi connectivity index (χ3v) is 8.37. The largest absolute Gasteiger partial charge is 0.404 e. The van der Waals surface area contributed by atoms with Crippen molar-refractivity contribution in [2.24, 2.45) is 0 Å². The summed E-state index contributed by atoms with van der Waals surface area (Å²) < 4.78 is 0. The molecule has 0 saturated carbocycles. The quantitative estimate of drug-likeness (QED) is 0.823. The first-order valence-corrected chi connectivity index (χ1v) is 9.96. The minimum absolute atomic E-state index is 1.07. The highest BCUT2D eigenvalue weighted by atomic mass is 28.3. The fourth-order valence-electron chi connectivity index (χ4n) is 3.12. The van der Waals surface area contributed by atoms with E-state index in [9.17, 15) is 0 Å². The number of rotatable bonds is 4. The van der Waals surface area contributed by atoms with Gasteiger partial charge in [-0.2, -0.15) is 0 Å². The Morgan fingerprint density at radius 3 is 2.10 bits per heavy atom. The molecule has 0 radical (unpaired) electrons. The molecule has 0 aliphatic heterocycles. The third-order valence-electron chi connectivity index (χ3n) is 4.29. The number of benzene rings is 2. The van der Waals surface area contributed by atoms with Gasteiger partial charge in [0.05, 0.1) is 0 Å². The number of hydrogen-bond donors (Lipinski definition) is 1. The summed E-state index contributed by atoms with van der Waals surface area (Å²) in [5, 5.41) is 3.02. The predicted molar refractivity (Wildman–Crippen MR) is 94.2 cm³/mol. The normalized spacial score (nSPS) is 16.9. The summed E-state index contributed by atoms with van der Waals surface area (Å²) >= 11 is 0. The van der Waals surface area contributed by atoms with Crippen molar-refractivity contribution in [1.29, 1.82) is 0 Å². The van der Waals surface area contributed by atoms with Crippen molar-refractivity contribution in [2.45, 2.75) is 19.9 Å². The first-order valence-electron chi connectivity index (χ1n) is 7.46. The summed E-state index contributed by atoms with van der Waals surface area (Å²) in [4.78, 5) is 3.89. The van der Waals surface area contributed by atoms with Crippen LogP contribution in [0.4, 0.5) is 5.69 Å². The predicted octanol–water partition coefficient (Wildman–Crippen LogP) is 4.40. The molecule has 1 N–H and O–H groups in total. The number of allylic oxidation sites excluding steroid dienone is 4. The van der Waals surface area contributed by atoms with Gasteiger partial charge in [-0.15, -0.1) is 0 Å². The van der Waals surface area contributed by atoms with E-state index in [1.165, 1.54) is 16.4 Å². The molecule has 1 unspecified atom stereocenters. The van der Waals surface area contributed by atoms with E-state index in [1.54, 1.807) is 5.20 Å². The van der Waals surface area contributed by atoms with E-state index in [2.05, 4.69) is 91.3 Å². The molecule has 1 atom stereocenters. The third kappa shape index (κ3) is 2.72. The van der Waals surface area contributed by atoms with Gasteiger partial charge in [-0.05, 0) is 42.4 Å². The first-order chi connectivity index (χ1) is 10.2. The zero-order valence-electron chi connectivity index (χ0n) is 12.6. The van der Waals surface area contributed by atoms with Crippen LogP contribution in [-0.2, 0) is 0 Å². The van der Waals surface area contributed by atoms with Crippen molar-refractivity contribution in [1.82, 2.24) is 0 Å². The van der Waals surface area contributed by atoms with E-state index in [1.807, 2.05) is 0 Å². The minimum atomic E-state index is -1.93. The summed E-state index contributed by atoms with van der Waals surface area (Å²) in [7, 11) is -1.93. The number of hydrogen-bond acceptors (Lipinski definition) is 1. The van der Waals surface area contributed by atoms with E-state index >= 15 is 0 Å². The van der Waals surface area contributed by atoms with Crippen LogP contribution in [0.2, 0.25) is 6.55 Å². The summed E-state index contributed by atoms with van der Waals surface area (Å²) in [5.74, 6) is 0. The highest BCUT2D eigenvalue weighted by molar-refractivity contribution is 6.99. The van der Waals surface area contributed by atoms with Gasteiger partial charge < -0.3 is 4.98 Å². The molecule has 0 amide bonds. The molecule has 0 fully saturated rings. The maximum absolute atomic E-state index is 3.89. The lowest BCUT2D eigenvalue weighted by atomic mass is 10.3. The van der Waals surface area contributed by atoms with Gasteiger partial charge in [0.1, 0.15) is 0 Å². The zero-order valence-corrected chi connectivity index (χ0v) is 13.6. The van der Waals surface area contributed by atoms with Crippen molar-refractivity contribution in [3.8, 4) is 0 Å². The molecule has 106 valence electrons. The summed E-state index contributed by atoms with van der Waals surface area (Å²) in [6.45, 7) is 4.65. The van der Waals surface area contributed by atoms with Crippen LogP contribution in [0.1, 0.15) is 13.3 Å². The van der Waals surface area contributed by atoms with E-state index < -0.39 is 8.24 Å². The van der Waals surface area contributed by atoms with Crippen molar-refractivity contribution < 1.29 is 0 Å². The second-order valence-corrected chi connectivity index (χ2v) is 9.43. The highest BCUT2D eigenvalue weighted by Gasteiger charge is 2.36. The summed E-state index contributed by atoms with van der Waals surface area (Å²) in [6.07, 6.45) is 5.62. The van der Waals surface area contributed by atoms with E-state index in [4.69, 9.17) is 0 Å². The first kappa shape index (κ1) is 13.9. The standard InChI is InChI=1S/C19H21NSi/c1-16-10-9-15-19(16)21(2,18-13-7-4-8-14-18)20-17-11-5-3-6-12-17/h3-14,20H,15H2,1-2H3. The second-order valence-electron chi connectivity index (χ2n) is 5.75. The van der Waals surface area contributed by atoms with Gasteiger partial charge in [0.25, 0.3) is 0 Å². The molecule has 0 aromatic heterocycles. The van der Waals surface area contributed by atoms with Crippen LogP contribution in [0.5, 0.6) is 0 Å². The molecular formula is C19H21NSi. The molecule has 2 aromatic carbocycles. The Bertz CT molecular complexity index is 673. The molecule has 1 aliphatic carbocycles. The van der Waals surface area contributed by atoms with Gasteiger partial charge in [0.2, 0.25) is 8.24 Å². The highest BCUT2D eigenvalue weighted by Crippen LogP contribution is 2.29. The average Bonchev–Trinajstić information content (AvgIpc) is 2.96. The fourth-order valence-corrected chi connectivity index (χ4v) is 6.76. The fraction of sp³-hybridized carbons (Fsp3) is 0.158. The van der Waals surface area contributed by atoms with Crippen molar-refractivity contribution in [3.63, 3.8) is 0 Å². The van der Waals surface area contributed by atoms with Crippen molar-refractivity contribution >= 4 is 19.1 Å². The Labute approximate surface area is 128 Å². The average molecular weight is 291 g/mol. The zero-order chi connectivity index (χ0) is 14.7.